The van der Waals surface area contributed by atoms with Crippen molar-refractivity contribution in [2.45, 2.75) is 59.4 Å². The van der Waals surface area contributed by atoms with Crippen LogP contribution in [0.25, 0.3) is 0 Å². The van der Waals surface area contributed by atoms with Gasteiger partial charge >= 0.3 is 0 Å². The van der Waals surface area contributed by atoms with Crippen molar-refractivity contribution in [1.29, 1.82) is 0 Å². The van der Waals surface area contributed by atoms with Crippen LogP contribution in [0.15, 0.2) is 97.6 Å². The van der Waals surface area contributed by atoms with Crippen molar-refractivity contribution < 1.29 is 24.3 Å². The molecule has 2 atom stereocenters. The predicted molar refractivity (Wildman–Crippen MR) is 200 cm³/mol. The molecular weight excluding hydrogens is 638 g/mol. The minimum absolute atomic E-state index is 0.0463. The Kier molecular flexibility index (Phi) is 11.9. The van der Waals surface area contributed by atoms with Gasteiger partial charge < -0.3 is 15.3 Å². The molecular formula is C43H47N3O5. The average molecular weight is 686 g/mol. The normalized spacial score (nSPS) is 13.5. The van der Waals surface area contributed by atoms with Crippen LogP contribution in [0.1, 0.15) is 77.3 Å². The maximum atomic E-state index is 14.1. The first kappa shape index (κ1) is 36.8. The van der Waals surface area contributed by atoms with Crippen molar-refractivity contribution in [3.05, 3.63) is 148 Å². The topological polar surface area (TPSA) is 107 Å². The van der Waals surface area contributed by atoms with E-state index in [1.54, 1.807) is 35.2 Å². The lowest BCUT2D eigenvalue weighted by Crippen LogP contribution is -2.48. The molecule has 1 aliphatic rings. The number of allylic oxidation sites excluding steroid dienone is 1. The number of hydrogen-bond acceptors (Lipinski definition) is 5. The zero-order valence-corrected chi connectivity index (χ0v) is 29.9. The first-order valence-corrected chi connectivity index (χ1v) is 17.5. The zero-order valence-electron chi connectivity index (χ0n) is 29.9. The average Bonchev–Trinajstić information content (AvgIpc) is 3.36. The van der Waals surface area contributed by atoms with Crippen molar-refractivity contribution >= 4 is 23.6 Å². The summed E-state index contributed by atoms with van der Waals surface area (Å²) in [6.45, 7) is 12.4. The Morgan fingerprint density at radius 2 is 1.47 bits per heavy atom. The molecule has 0 aliphatic carbocycles. The largest absolute Gasteiger partial charge is 0.508 e. The summed E-state index contributed by atoms with van der Waals surface area (Å²) in [6, 6.07) is 25.7. The number of aromatic hydroxyl groups is 1. The molecule has 0 fully saturated rings. The van der Waals surface area contributed by atoms with Gasteiger partial charge in [0.15, 0.2) is 0 Å². The molecule has 0 radical (unpaired) electrons. The minimum Gasteiger partial charge on any atom is -0.508 e. The molecule has 51 heavy (non-hydrogen) atoms. The van der Waals surface area contributed by atoms with Gasteiger partial charge in [-0.15, -0.1) is 6.58 Å². The summed E-state index contributed by atoms with van der Waals surface area (Å²) in [4.78, 5) is 57.1. The lowest BCUT2D eigenvalue weighted by atomic mass is 9.89. The van der Waals surface area contributed by atoms with E-state index in [1.165, 1.54) is 0 Å². The van der Waals surface area contributed by atoms with E-state index in [0.717, 1.165) is 38.3 Å². The highest BCUT2D eigenvalue weighted by molar-refractivity contribution is 6.21. The van der Waals surface area contributed by atoms with Crippen molar-refractivity contribution in [2.24, 2.45) is 5.92 Å². The van der Waals surface area contributed by atoms with Crippen LogP contribution < -0.4 is 5.32 Å². The molecule has 0 saturated heterocycles. The number of amides is 4. The number of aryl methyl sites for hydroxylation is 4. The SMILES string of the molecule is C=CCC(CN(CCc1ccc(C)c(O)c1)C(=O)CCN1C(=O)c2ccccc2C1=O)[C@H](Cc1ccccc1)NC(=O)c1cc(C)c(C)cc1C. The van der Waals surface area contributed by atoms with Crippen LogP contribution in [0.4, 0.5) is 0 Å². The van der Waals surface area contributed by atoms with E-state index in [1.807, 2.05) is 88.4 Å². The first-order chi connectivity index (χ1) is 24.5. The van der Waals surface area contributed by atoms with Crippen molar-refractivity contribution in [1.82, 2.24) is 15.1 Å². The van der Waals surface area contributed by atoms with Crippen LogP contribution in [0.2, 0.25) is 0 Å². The van der Waals surface area contributed by atoms with Crippen molar-refractivity contribution in [3.8, 4) is 5.75 Å². The first-order valence-electron chi connectivity index (χ1n) is 17.5. The number of benzene rings is 4. The molecule has 4 aromatic rings. The summed E-state index contributed by atoms with van der Waals surface area (Å²) >= 11 is 0. The third kappa shape index (κ3) is 8.81. The molecule has 1 heterocycles. The second-order valence-electron chi connectivity index (χ2n) is 13.6. The van der Waals surface area contributed by atoms with Crippen molar-refractivity contribution in [2.75, 3.05) is 19.6 Å². The quantitative estimate of drug-likeness (QED) is 0.104. The van der Waals surface area contributed by atoms with Crippen LogP contribution in [0, 0.1) is 33.6 Å². The Bertz CT molecular complexity index is 1900. The number of fused-ring (bicyclic) bond motifs is 1. The molecule has 1 unspecified atom stereocenters. The van der Waals surface area contributed by atoms with Gasteiger partial charge in [-0.3, -0.25) is 24.1 Å². The molecule has 0 bridgehead atoms. The molecule has 4 amide bonds. The molecule has 4 aromatic carbocycles. The van der Waals surface area contributed by atoms with Gasteiger partial charge in [0.05, 0.1) is 11.1 Å². The Morgan fingerprint density at radius 1 is 0.824 bits per heavy atom. The van der Waals surface area contributed by atoms with Gasteiger partial charge in [0.2, 0.25) is 5.91 Å². The van der Waals surface area contributed by atoms with Crippen LogP contribution in [-0.2, 0) is 17.6 Å². The highest BCUT2D eigenvalue weighted by Crippen LogP contribution is 2.25. The van der Waals surface area contributed by atoms with Gasteiger partial charge in [0, 0.05) is 43.6 Å². The van der Waals surface area contributed by atoms with Gasteiger partial charge in [-0.05, 0) is 105 Å². The number of phenols is 1. The molecule has 264 valence electrons. The van der Waals surface area contributed by atoms with Crippen LogP contribution in [0.3, 0.4) is 0 Å². The van der Waals surface area contributed by atoms with E-state index in [9.17, 15) is 24.3 Å². The Morgan fingerprint density at radius 3 is 2.12 bits per heavy atom. The standard InChI is InChI=1S/C43H47N3O5/c1-6-12-34(38(25-32-13-8-7-9-14-32)44-41(49)37-24-30(4)29(3)23-31(37)5)27-45(21-19-33-18-17-28(2)39(47)26-33)40(48)20-22-46-42(50)35-15-10-11-16-36(35)43(46)51/h6-11,13-18,23-24,26,34,38,47H,1,12,19-22,25,27H2,2-5H3,(H,44,49)/t34?,38-/m0/s1. The van der Waals surface area contributed by atoms with Gasteiger partial charge in [-0.1, -0.05) is 66.7 Å². The van der Waals surface area contributed by atoms with Crippen LogP contribution in [-0.4, -0.2) is 64.2 Å². The Balaban J connectivity index is 1.42. The molecule has 8 heteroatoms. The third-order valence-corrected chi connectivity index (χ3v) is 9.92. The summed E-state index contributed by atoms with van der Waals surface area (Å²) < 4.78 is 0. The number of nitrogens with zero attached hydrogens (tertiary/aromatic N) is 2. The molecule has 1 aliphatic heterocycles. The maximum absolute atomic E-state index is 14.1. The second kappa shape index (κ2) is 16.5. The van der Waals surface area contributed by atoms with E-state index in [0.29, 0.717) is 49.0 Å². The van der Waals surface area contributed by atoms with Crippen LogP contribution >= 0.6 is 0 Å². The second-order valence-corrected chi connectivity index (χ2v) is 13.6. The number of hydrogen-bond donors (Lipinski definition) is 2. The Hall–Kier alpha value is -5.50. The molecule has 0 saturated carbocycles. The van der Waals surface area contributed by atoms with E-state index in [4.69, 9.17) is 0 Å². The third-order valence-electron chi connectivity index (χ3n) is 9.92. The van der Waals surface area contributed by atoms with E-state index in [2.05, 4.69) is 11.9 Å². The fourth-order valence-corrected chi connectivity index (χ4v) is 6.72. The van der Waals surface area contributed by atoms with Gasteiger partial charge in [-0.2, -0.15) is 0 Å². The number of carbonyl (C=O) groups is 4. The van der Waals surface area contributed by atoms with Gasteiger partial charge in [-0.25, -0.2) is 0 Å². The number of nitrogens with one attached hydrogen (secondary N) is 1. The summed E-state index contributed by atoms with van der Waals surface area (Å²) in [5.41, 5.74) is 7.02. The molecule has 5 rings (SSSR count). The lowest BCUT2D eigenvalue weighted by molar-refractivity contribution is -0.132. The summed E-state index contributed by atoms with van der Waals surface area (Å²) in [6.07, 6.45) is 3.30. The maximum Gasteiger partial charge on any atom is 0.261 e. The van der Waals surface area contributed by atoms with Crippen molar-refractivity contribution in [3.63, 3.8) is 0 Å². The molecule has 2 N–H and O–H groups in total. The smallest absolute Gasteiger partial charge is 0.261 e. The molecule has 0 aromatic heterocycles. The summed E-state index contributed by atoms with van der Waals surface area (Å²) in [5.74, 6) is -1.22. The number of carbonyl (C=O) groups excluding carboxylic acids is 4. The number of rotatable bonds is 15. The number of imide groups is 1. The van der Waals surface area contributed by atoms with E-state index in [-0.39, 0.29) is 42.5 Å². The highest BCUT2D eigenvalue weighted by atomic mass is 16.3. The van der Waals surface area contributed by atoms with Gasteiger partial charge in [0.25, 0.3) is 17.7 Å². The van der Waals surface area contributed by atoms with Gasteiger partial charge in [0.1, 0.15) is 5.75 Å². The fourth-order valence-electron chi connectivity index (χ4n) is 6.72. The van der Waals surface area contributed by atoms with E-state index < -0.39 is 11.8 Å². The molecule has 0 spiro atoms. The highest BCUT2D eigenvalue weighted by Gasteiger charge is 2.36. The minimum atomic E-state index is -0.401. The zero-order chi connectivity index (χ0) is 36.7. The fraction of sp³-hybridized carbons (Fsp3) is 0.302. The Labute approximate surface area is 300 Å². The monoisotopic (exact) mass is 685 g/mol. The molecule has 8 nitrogen and oxygen atoms in total. The summed E-state index contributed by atoms with van der Waals surface area (Å²) in [7, 11) is 0. The number of phenolic OH excluding ortho intramolecular Hbond substituents is 1. The van der Waals surface area contributed by atoms with Crippen LogP contribution in [0.5, 0.6) is 5.75 Å². The van der Waals surface area contributed by atoms with E-state index >= 15 is 0 Å². The predicted octanol–water partition coefficient (Wildman–Crippen LogP) is 6.92. The lowest BCUT2D eigenvalue weighted by Gasteiger charge is -2.33. The summed E-state index contributed by atoms with van der Waals surface area (Å²) in [5, 5.41) is 13.7.